The predicted molar refractivity (Wildman–Crippen MR) is 72.7 cm³/mol. The summed E-state index contributed by atoms with van der Waals surface area (Å²) in [5.74, 6) is 0.631. The van der Waals surface area contributed by atoms with Gasteiger partial charge in [0.15, 0.2) is 11.6 Å². The first-order chi connectivity index (χ1) is 10.1. The van der Waals surface area contributed by atoms with Gasteiger partial charge in [0.2, 0.25) is 5.75 Å². The third-order valence-electron chi connectivity index (χ3n) is 2.56. The van der Waals surface area contributed by atoms with Crippen LogP contribution >= 0.6 is 0 Å². The van der Waals surface area contributed by atoms with Crippen LogP contribution in [0, 0.1) is 10.1 Å². The van der Waals surface area contributed by atoms with Gasteiger partial charge in [0.05, 0.1) is 25.2 Å². The number of nitrogens with two attached hydrogens (primary N) is 1. The van der Waals surface area contributed by atoms with Gasteiger partial charge in [0, 0.05) is 0 Å². The van der Waals surface area contributed by atoms with E-state index >= 15 is 0 Å². The number of hydrogen-bond donors (Lipinski definition) is 1. The monoisotopic (exact) mass is 292 g/mol. The molecule has 0 aliphatic heterocycles. The zero-order chi connectivity index (χ0) is 15.4. The molecule has 0 fully saturated rings. The minimum atomic E-state index is -0.572. The third-order valence-corrected chi connectivity index (χ3v) is 2.56. The van der Waals surface area contributed by atoms with Gasteiger partial charge in [0.25, 0.3) is 5.88 Å². The van der Waals surface area contributed by atoms with Crippen molar-refractivity contribution in [3.63, 3.8) is 0 Å². The molecule has 9 nitrogen and oxygen atoms in total. The first kappa shape index (κ1) is 14.3. The minimum absolute atomic E-state index is 0.0597. The molecule has 110 valence electrons. The Kier molecular flexibility index (Phi) is 4.02. The lowest BCUT2D eigenvalue weighted by Gasteiger charge is -2.10. The number of hydrogen-bond acceptors (Lipinski definition) is 8. The highest BCUT2D eigenvalue weighted by Gasteiger charge is 2.18. The molecule has 0 aliphatic rings. The summed E-state index contributed by atoms with van der Waals surface area (Å²) in [4.78, 5) is 18.0. The van der Waals surface area contributed by atoms with Gasteiger partial charge in [-0.25, -0.2) is 4.98 Å². The summed E-state index contributed by atoms with van der Waals surface area (Å²) in [6.07, 6.45) is 1.20. The van der Waals surface area contributed by atoms with Crippen molar-refractivity contribution in [3.8, 4) is 23.1 Å². The van der Waals surface area contributed by atoms with Crippen LogP contribution in [0.4, 0.5) is 11.5 Å². The largest absolute Gasteiger partial charge is 0.490 e. The predicted octanol–water partition coefficient (Wildman–Crippen LogP) is 1.78. The first-order valence-electron chi connectivity index (χ1n) is 5.71. The molecule has 1 heterocycles. The zero-order valence-corrected chi connectivity index (χ0v) is 11.3. The van der Waals surface area contributed by atoms with Gasteiger partial charge in [-0.05, 0) is 12.1 Å². The number of nitrogens with zero attached hydrogens (tertiary/aromatic N) is 3. The van der Waals surface area contributed by atoms with Gasteiger partial charge < -0.3 is 19.9 Å². The van der Waals surface area contributed by atoms with Crippen molar-refractivity contribution in [2.75, 3.05) is 20.0 Å². The van der Waals surface area contributed by atoms with Gasteiger partial charge in [-0.3, -0.25) is 10.1 Å². The van der Waals surface area contributed by atoms with Gasteiger partial charge in [0.1, 0.15) is 12.1 Å². The van der Waals surface area contributed by atoms with Crippen LogP contribution in [-0.4, -0.2) is 29.1 Å². The van der Waals surface area contributed by atoms with Gasteiger partial charge in [-0.2, -0.15) is 4.98 Å². The number of ether oxygens (including phenoxy) is 3. The van der Waals surface area contributed by atoms with E-state index in [1.165, 1.54) is 38.7 Å². The Bertz CT molecular complexity index is 677. The van der Waals surface area contributed by atoms with Gasteiger partial charge in [-0.1, -0.05) is 0 Å². The van der Waals surface area contributed by atoms with Crippen molar-refractivity contribution in [1.29, 1.82) is 0 Å². The van der Waals surface area contributed by atoms with E-state index in [-0.39, 0.29) is 34.6 Å². The maximum Gasteiger partial charge on any atom is 0.314 e. The number of nitrogen functional groups attached to an aromatic ring is 1. The van der Waals surface area contributed by atoms with E-state index < -0.39 is 4.92 Å². The average Bonchev–Trinajstić information content (AvgIpc) is 2.47. The molecular weight excluding hydrogens is 280 g/mol. The molecule has 0 unspecified atom stereocenters. The fourth-order valence-electron chi connectivity index (χ4n) is 1.62. The molecule has 21 heavy (non-hydrogen) atoms. The second-order valence-corrected chi connectivity index (χ2v) is 3.79. The lowest BCUT2D eigenvalue weighted by Crippen LogP contribution is -2.00. The number of anilines is 1. The molecule has 0 amide bonds. The van der Waals surface area contributed by atoms with Crippen LogP contribution in [0.25, 0.3) is 0 Å². The van der Waals surface area contributed by atoms with Crippen molar-refractivity contribution in [2.45, 2.75) is 0 Å². The maximum atomic E-state index is 11.0. The molecule has 9 heteroatoms. The van der Waals surface area contributed by atoms with Crippen molar-refractivity contribution in [2.24, 2.45) is 0 Å². The van der Waals surface area contributed by atoms with E-state index in [2.05, 4.69) is 9.97 Å². The number of aromatic nitrogens is 2. The number of nitro benzene ring substituents is 1. The molecule has 0 aliphatic carbocycles. The molecule has 0 spiro atoms. The number of benzene rings is 1. The summed E-state index contributed by atoms with van der Waals surface area (Å²) >= 11 is 0. The molecule has 2 rings (SSSR count). The van der Waals surface area contributed by atoms with Crippen molar-refractivity contribution < 1.29 is 19.1 Å². The Morgan fingerprint density at radius 3 is 2.62 bits per heavy atom. The smallest absolute Gasteiger partial charge is 0.314 e. The summed E-state index contributed by atoms with van der Waals surface area (Å²) in [5.41, 5.74) is 5.40. The SMILES string of the molecule is COc1ccc(Oc2ncnc(N)c2OC)cc1[N+](=O)[O-]. The second-order valence-electron chi connectivity index (χ2n) is 3.79. The Hall–Kier alpha value is -3.10. The van der Waals surface area contributed by atoms with E-state index in [9.17, 15) is 10.1 Å². The summed E-state index contributed by atoms with van der Waals surface area (Å²) in [6, 6.07) is 4.14. The highest BCUT2D eigenvalue weighted by molar-refractivity contribution is 5.55. The molecule has 2 N–H and O–H groups in total. The summed E-state index contributed by atoms with van der Waals surface area (Å²) in [7, 11) is 2.73. The number of methoxy groups -OCH3 is 2. The number of nitro groups is 1. The van der Waals surface area contributed by atoms with Crippen LogP contribution in [0.5, 0.6) is 23.1 Å². The third kappa shape index (κ3) is 2.91. The molecular formula is C12H12N4O5. The highest BCUT2D eigenvalue weighted by Crippen LogP contribution is 2.36. The van der Waals surface area contributed by atoms with Gasteiger partial charge in [-0.15, -0.1) is 0 Å². The Labute approximate surface area is 119 Å². The van der Waals surface area contributed by atoms with E-state index in [1.807, 2.05) is 0 Å². The molecule has 0 saturated carbocycles. The van der Waals surface area contributed by atoms with E-state index in [4.69, 9.17) is 19.9 Å². The van der Waals surface area contributed by atoms with Crippen LogP contribution in [-0.2, 0) is 0 Å². The number of rotatable bonds is 5. The lowest BCUT2D eigenvalue weighted by molar-refractivity contribution is -0.385. The Morgan fingerprint density at radius 1 is 1.24 bits per heavy atom. The topological polar surface area (TPSA) is 123 Å². The molecule has 1 aromatic carbocycles. The van der Waals surface area contributed by atoms with E-state index in [1.54, 1.807) is 0 Å². The molecule has 0 atom stereocenters. The van der Waals surface area contributed by atoms with Crippen LogP contribution in [0.3, 0.4) is 0 Å². The van der Waals surface area contributed by atoms with Crippen LogP contribution in [0.1, 0.15) is 0 Å². The Morgan fingerprint density at radius 2 is 2.00 bits per heavy atom. The molecule has 0 radical (unpaired) electrons. The first-order valence-corrected chi connectivity index (χ1v) is 5.71. The van der Waals surface area contributed by atoms with Crippen LogP contribution in [0.15, 0.2) is 24.5 Å². The Balaban J connectivity index is 2.39. The normalized spacial score (nSPS) is 10.0. The summed E-state index contributed by atoms with van der Waals surface area (Å²) in [5, 5.41) is 11.0. The second kappa shape index (κ2) is 5.90. The minimum Gasteiger partial charge on any atom is -0.490 e. The van der Waals surface area contributed by atoms with E-state index in [0.717, 1.165) is 0 Å². The maximum absolute atomic E-state index is 11.0. The van der Waals surface area contributed by atoms with Crippen LogP contribution in [0.2, 0.25) is 0 Å². The average molecular weight is 292 g/mol. The summed E-state index contributed by atoms with van der Waals surface area (Å²) in [6.45, 7) is 0. The molecule has 1 aromatic heterocycles. The fourth-order valence-corrected chi connectivity index (χ4v) is 1.62. The quantitative estimate of drug-likeness (QED) is 0.653. The standard InChI is InChI=1S/C12H12N4O5/c1-19-9-4-3-7(5-8(9)16(17)18)21-12-10(20-2)11(13)14-6-15-12/h3-6H,1-2H3,(H2,13,14,15). The fraction of sp³-hybridized carbons (Fsp3) is 0.167. The van der Waals surface area contributed by atoms with Crippen molar-refractivity contribution >= 4 is 11.5 Å². The molecule has 0 saturated heterocycles. The molecule has 0 bridgehead atoms. The molecule has 2 aromatic rings. The van der Waals surface area contributed by atoms with Crippen molar-refractivity contribution in [3.05, 3.63) is 34.6 Å². The highest BCUT2D eigenvalue weighted by atomic mass is 16.6. The van der Waals surface area contributed by atoms with Gasteiger partial charge >= 0.3 is 5.69 Å². The summed E-state index contributed by atoms with van der Waals surface area (Å²) < 4.78 is 15.4. The van der Waals surface area contributed by atoms with E-state index in [0.29, 0.717) is 0 Å². The van der Waals surface area contributed by atoms with Crippen LogP contribution < -0.4 is 19.9 Å². The lowest BCUT2D eigenvalue weighted by atomic mass is 10.3. The van der Waals surface area contributed by atoms with Crippen molar-refractivity contribution in [1.82, 2.24) is 9.97 Å². The zero-order valence-electron chi connectivity index (χ0n) is 11.3.